The average Bonchev–Trinajstić information content (AvgIpc) is 2.72. The summed E-state index contributed by atoms with van der Waals surface area (Å²) in [6.07, 6.45) is 0.700. The Hall–Kier alpha value is -2.49. The van der Waals surface area contributed by atoms with Gasteiger partial charge in [0, 0.05) is 25.7 Å². The Balaban J connectivity index is 1.79. The Morgan fingerprint density at radius 3 is 2.48 bits per heavy atom. The molecule has 2 N–H and O–H groups in total. The molecule has 2 aromatic rings. The van der Waals surface area contributed by atoms with Crippen LogP contribution in [0.5, 0.6) is 0 Å². The second-order valence-corrected chi connectivity index (χ2v) is 9.27. The first-order valence-corrected chi connectivity index (χ1v) is 11.0. The number of nitro benzene ring substituents is 1. The maximum atomic E-state index is 12.9. The van der Waals surface area contributed by atoms with Crippen LogP contribution in [0.15, 0.2) is 53.4 Å². The summed E-state index contributed by atoms with van der Waals surface area (Å²) < 4.78 is 27.1. The number of hydrogen-bond donors (Lipinski definition) is 2. The van der Waals surface area contributed by atoms with Crippen LogP contribution in [-0.2, 0) is 10.0 Å². The number of hydrogen-bond acceptors (Lipinski definition) is 6. The van der Waals surface area contributed by atoms with E-state index in [4.69, 9.17) is 0 Å². The van der Waals surface area contributed by atoms with Crippen LogP contribution in [0.3, 0.4) is 0 Å². The van der Waals surface area contributed by atoms with Gasteiger partial charge in [0.25, 0.3) is 5.69 Å². The van der Waals surface area contributed by atoms with Gasteiger partial charge in [0.1, 0.15) is 5.69 Å². The highest BCUT2D eigenvalue weighted by atomic mass is 32.2. The highest BCUT2D eigenvalue weighted by Gasteiger charge is 2.30. The lowest BCUT2D eigenvalue weighted by atomic mass is 10.0. The molecule has 0 amide bonds. The molecule has 156 valence electrons. The van der Waals surface area contributed by atoms with Gasteiger partial charge in [-0.1, -0.05) is 37.3 Å². The van der Waals surface area contributed by atoms with E-state index in [0.717, 1.165) is 18.9 Å². The molecule has 1 fully saturated rings. The first-order chi connectivity index (χ1) is 13.8. The third kappa shape index (κ3) is 4.92. The summed E-state index contributed by atoms with van der Waals surface area (Å²) in [5.41, 5.74) is 0.508. The summed E-state index contributed by atoms with van der Waals surface area (Å²) in [5, 5.41) is 24.6. The highest BCUT2D eigenvalue weighted by Crippen LogP contribution is 2.31. The van der Waals surface area contributed by atoms with Gasteiger partial charge >= 0.3 is 0 Å². The van der Waals surface area contributed by atoms with Gasteiger partial charge in [-0.15, -0.1) is 0 Å². The molecule has 0 aromatic heterocycles. The van der Waals surface area contributed by atoms with E-state index in [0.29, 0.717) is 24.6 Å². The van der Waals surface area contributed by atoms with Crippen LogP contribution in [0.1, 0.15) is 31.4 Å². The predicted molar refractivity (Wildman–Crippen MR) is 110 cm³/mol. The van der Waals surface area contributed by atoms with Gasteiger partial charge in [0.15, 0.2) is 0 Å². The molecular formula is C20H25N3O5S. The zero-order chi connectivity index (χ0) is 21.0. The molecule has 0 radical (unpaired) electrons. The number of aliphatic hydroxyl groups is 1. The van der Waals surface area contributed by atoms with Crippen LogP contribution in [0.25, 0.3) is 0 Å². The standard InChI is InChI=1S/C20H25N3O5S/c1-15-9-11-22(12-10-15)29(27,28)17-7-8-18(19(13-17)23(25)26)21-14-20(24)16-5-3-2-4-6-16/h2-8,13,15,20-21,24H,9-12,14H2,1H3/t20-/m0/s1. The molecule has 2 aromatic carbocycles. The summed E-state index contributed by atoms with van der Waals surface area (Å²) >= 11 is 0. The van der Waals surface area contributed by atoms with Crippen LogP contribution < -0.4 is 5.32 Å². The van der Waals surface area contributed by atoms with Crippen LogP contribution in [-0.4, -0.2) is 42.4 Å². The minimum absolute atomic E-state index is 0.0565. The zero-order valence-electron chi connectivity index (χ0n) is 16.2. The topological polar surface area (TPSA) is 113 Å². The molecule has 0 bridgehead atoms. The number of anilines is 1. The summed E-state index contributed by atoms with van der Waals surface area (Å²) in [5.74, 6) is 0.471. The molecule has 0 aliphatic carbocycles. The minimum atomic E-state index is -3.78. The maximum absolute atomic E-state index is 12.9. The monoisotopic (exact) mass is 419 g/mol. The van der Waals surface area contributed by atoms with E-state index in [1.165, 1.54) is 16.4 Å². The molecule has 9 heteroatoms. The summed E-state index contributed by atoms with van der Waals surface area (Å²) in [4.78, 5) is 10.8. The van der Waals surface area contributed by atoms with E-state index in [1.54, 1.807) is 24.3 Å². The van der Waals surface area contributed by atoms with Crippen molar-refractivity contribution in [3.05, 3.63) is 64.2 Å². The van der Waals surface area contributed by atoms with Crippen molar-refractivity contribution in [1.29, 1.82) is 0 Å². The van der Waals surface area contributed by atoms with Crippen LogP contribution in [0, 0.1) is 16.0 Å². The van der Waals surface area contributed by atoms with Gasteiger partial charge in [0.05, 0.1) is 15.9 Å². The van der Waals surface area contributed by atoms with Crippen molar-refractivity contribution in [2.24, 2.45) is 5.92 Å². The smallest absolute Gasteiger partial charge is 0.293 e. The largest absolute Gasteiger partial charge is 0.387 e. The second kappa shape index (κ2) is 8.89. The highest BCUT2D eigenvalue weighted by molar-refractivity contribution is 7.89. The number of nitro groups is 1. The van der Waals surface area contributed by atoms with Crippen molar-refractivity contribution >= 4 is 21.4 Å². The number of sulfonamides is 1. The molecule has 29 heavy (non-hydrogen) atoms. The third-order valence-corrected chi connectivity index (χ3v) is 7.11. The molecule has 3 rings (SSSR count). The average molecular weight is 420 g/mol. The fraction of sp³-hybridized carbons (Fsp3) is 0.400. The first-order valence-electron chi connectivity index (χ1n) is 9.54. The number of benzene rings is 2. The summed E-state index contributed by atoms with van der Waals surface area (Å²) in [6.45, 7) is 2.97. The molecule has 1 heterocycles. The van der Waals surface area contributed by atoms with Crippen molar-refractivity contribution in [2.75, 3.05) is 25.0 Å². The van der Waals surface area contributed by atoms with Crippen LogP contribution >= 0.6 is 0 Å². The van der Waals surface area contributed by atoms with Gasteiger partial charge in [-0.05, 0) is 36.5 Å². The fourth-order valence-corrected chi connectivity index (χ4v) is 4.84. The van der Waals surface area contributed by atoms with E-state index >= 15 is 0 Å². The number of rotatable bonds is 7. The lowest BCUT2D eigenvalue weighted by Crippen LogP contribution is -2.37. The van der Waals surface area contributed by atoms with Crippen molar-refractivity contribution in [2.45, 2.75) is 30.8 Å². The lowest BCUT2D eigenvalue weighted by molar-refractivity contribution is -0.384. The zero-order valence-corrected chi connectivity index (χ0v) is 17.0. The van der Waals surface area contributed by atoms with E-state index in [-0.39, 0.29) is 22.8 Å². The Labute approximate surface area is 170 Å². The van der Waals surface area contributed by atoms with Crippen molar-refractivity contribution in [1.82, 2.24) is 4.31 Å². The van der Waals surface area contributed by atoms with Gasteiger partial charge in [-0.25, -0.2) is 8.42 Å². The Morgan fingerprint density at radius 2 is 1.86 bits per heavy atom. The Morgan fingerprint density at radius 1 is 1.21 bits per heavy atom. The van der Waals surface area contributed by atoms with E-state index in [1.807, 2.05) is 6.07 Å². The normalized spacial score (nSPS) is 17.0. The minimum Gasteiger partial charge on any atom is -0.387 e. The van der Waals surface area contributed by atoms with Crippen LogP contribution in [0.2, 0.25) is 0 Å². The van der Waals surface area contributed by atoms with E-state index in [2.05, 4.69) is 12.2 Å². The SMILES string of the molecule is CC1CCN(S(=O)(=O)c2ccc(NC[C@H](O)c3ccccc3)c([N+](=O)[O-])c2)CC1. The van der Waals surface area contributed by atoms with Crippen molar-refractivity contribution in [3.63, 3.8) is 0 Å². The second-order valence-electron chi connectivity index (χ2n) is 7.33. The van der Waals surface area contributed by atoms with Crippen molar-refractivity contribution < 1.29 is 18.4 Å². The molecule has 0 unspecified atom stereocenters. The number of nitrogens with zero attached hydrogens (tertiary/aromatic N) is 2. The first kappa shape index (κ1) is 21.2. The van der Waals surface area contributed by atoms with Gasteiger partial charge in [0.2, 0.25) is 10.0 Å². The van der Waals surface area contributed by atoms with Gasteiger partial charge in [-0.3, -0.25) is 10.1 Å². The Bertz CT molecular complexity index is 957. The fourth-order valence-electron chi connectivity index (χ4n) is 3.35. The third-order valence-electron chi connectivity index (χ3n) is 5.22. The van der Waals surface area contributed by atoms with Crippen LogP contribution in [0.4, 0.5) is 11.4 Å². The Kier molecular flexibility index (Phi) is 6.51. The maximum Gasteiger partial charge on any atom is 0.293 e. The molecule has 0 saturated carbocycles. The summed E-state index contributed by atoms with van der Waals surface area (Å²) in [7, 11) is -3.78. The molecule has 1 aliphatic heterocycles. The molecule has 1 aliphatic rings. The van der Waals surface area contributed by atoms with Gasteiger partial charge in [-0.2, -0.15) is 4.31 Å². The molecule has 8 nitrogen and oxygen atoms in total. The number of nitrogens with one attached hydrogen (secondary N) is 1. The van der Waals surface area contributed by atoms with E-state index < -0.39 is 21.1 Å². The molecule has 0 spiro atoms. The van der Waals surface area contributed by atoms with Crippen molar-refractivity contribution in [3.8, 4) is 0 Å². The molecule has 1 atom stereocenters. The molecule has 1 saturated heterocycles. The van der Waals surface area contributed by atoms with E-state index in [9.17, 15) is 23.6 Å². The number of piperidine rings is 1. The van der Waals surface area contributed by atoms with Gasteiger partial charge < -0.3 is 10.4 Å². The molecular weight excluding hydrogens is 394 g/mol. The number of aliphatic hydroxyl groups excluding tert-OH is 1. The predicted octanol–water partition coefficient (Wildman–Crippen LogP) is 3.16. The quantitative estimate of drug-likeness (QED) is 0.526. The summed E-state index contributed by atoms with van der Waals surface area (Å²) in [6, 6.07) is 12.8. The lowest BCUT2D eigenvalue weighted by Gasteiger charge is -2.29.